The Morgan fingerprint density at radius 3 is 2.26 bits per heavy atom. The van der Waals surface area contributed by atoms with Crippen molar-refractivity contribution in [3.63, 3.8) is 0 Å². The van der Waals surface area contributed by atoms with Gasteiger partial charge in [-0.2, -0.15) is 0 Å². The van der Waals surface area contributed by atoms with E-state index in [1.807, 2.05) is 0 Å². The van der Waals surface area contributed by atoms with Gasteiger partial charge in [-0.1, -0.05) is 36.4 Å². The Labute approximate surface area is 197 Å². The second kappa shape index (κ2) is 9.96. The largest absolute Gasteiger partial charge is 0.573 e. The maximum Gasteiger partial charge on any atom is 0.573 e. The van der Waals surface area contributed by atoms with E-state index in [1.165, 1.54) is 47.4 Å². The van der Waals surface area contributed by atoms with Crippen LogP contribution in [0.3, 0.4) is 0 Å². The van der Waals surface area contributed by atoms with Crippen LogP contribution < -0.4 is 4.74 Å². The van der Waals surface area contributed by atoms with Gasteiger partial charge in [-0.3, -0.25) is 4.79 Å². The van der Waals surface area contributed by atoms with E-state index >= 15 is 0 Å². The van der Waals surface area contributed by atoms with Gasteiger partial charge >= 0.3 is 12.3 Å². The molecule has 180 valence electrons. The minimum absolute atomic E-state index is 0.0556. The number of rotatable bonds is 7. The summed E-state index contributed by atoms with van der Waals surface area (Å²) in [7, 11) is 0. The van der Waals surface area contributed by atoms with Gasteiger partial charge in [-0.05, 0) is 54.4 Å². The van der Waals surface area contributed by atoms with Crippen LogP contribution in [-0.4, -0.2) is 27.1 Å². The second-order valence-electron chi connectivity index (χ2n) is 7.61. The van der Waals surface area contributed by atoms with Crippen LogP contribution in [0.15, 0.2) is 79.1 Å². The van der Waals surface area contributed by atoms with Crippen molar-refractivity contribution in [1.82, 2.24) is 14.8 Å². The standard InChI is InChI=1S/C25H19F4N3O3/c1-16(18-6-8-20(26)9-7-18)34-23(33)14-17-2-4-19(5-3-17)24-30-15-32(31-24)21-10-12-22(13-11-21)35-25(27,28)29/h2-13,15-16H,14H2,1H3. The number of benzene rings is 3. The van der Waals surface area contributed by atoms with Crippen LogP contribution in [0, 0.1) is 5.82 Å². The minimum atomic E-state index is -4.76. The molecule has 1 aromatic heterocycles. The number of ether oxygens (including phenoxy) is 2. The van der Waals surface area contributed by atoms with E-state index in [-0.39, 0.29) is 18.0 Å². The summed E-state index contributed by atoms with van der Waals surface area (Å²) in [5, 5.41) is 4.35. The van der Waals surface area contributed by atoms with Gasteiger partial charge in [0.1, 0.15) is 24.0 Å². The van der Waals surface area contributed by atoms with Gasteiger partial charge in [0.05, 0.1) is 12.1 Å². The molecule has 0 aliphatic heterocycles. The van der Waals surface area contributed by atoms with E-state index in [1.54, 1.807) is 43.3 Å². The van der Waals surface area contributed by atoms with Crippen LogP contribution in [0.2, 0.25) is 0 Å². The van der Waals surface area contributed by atoms with Crippen molar-refractivity contribution in [2.45, 2.75) is 25.8 Å². The summed E-state index contributed by atoms with van der Waals surface area (Å²) >= 11 is 0. The van der Waals surface area contributed by atoms with E-state index < -0.39 is 18.4 Å². The van der Waals surface area contributed by atoms with E-state index in [0.29, 0.717) is 22.6 Å². The highest BCUT2D eigenvalue weighted by Crippen LogP contribution is 2.24. The number of hydrogen-bond acceptors (Lipinski definition) is 5. The number of hydrogen-bond donors (Lipinski definition) is 0. The van der Waals surface area contributed by atoms with Crippen LogP contribution in [0.5, 0.6) is 5.75 Å². The molecule has 1 heterocycles. The highest BCUT2D eigenvalue weighted by atomic mass is 19.4. The summed E-state index contributed by atoms with van der Waals surface area (Å²) in [6, 6.07) is 18.0. The lowest BCUT2D eigenvalue weighted by Gasteiger charge is -2.13. The van der Waals surface area contributed by atoms with Crippen molar-refractivity contribution in [1.29, 1.82) is 0 Å². The lowest BCUT2D eigenvalue weighted by atomic mass is 10.1. The summed E-state index contributed by atoms with van der Waals surface area (Å²) in [5.74, 6) is -0.711. The molecule has 0 saturated carbocycles. The highest BCUT2D eigenvalue weighted by molar-refractivity contribution is 5.73. The molecule has 6 nitrogen and oxygen atoms in total. The second-order valence-corrected chi connectivity index (χ2v) is 7.61. The van der Waals surface area contributed by atoms with E-state index in [4.69, 9.17) is 4.74 Å². The Bertz CT molecular complexity index is 1290. The predicted molar refractivity (Wildman–Crippen MR) is 118 cm³/mol. The van der Waals surface area contributed by atoms with E-state index in [9.17, 15) is 22.4 Å². The first-order valence-electron chi connectivity index (χ1n) is 10.5. The monoisotopic (exact) mass is 485 g/mol. The number of esters is 1. The Kier molecular flexibility index (Phi) is 6.81. The van der Waals surface area contributed by atoms with Gasteiger partial charge in [0.2, 0.25) is 0 Å². The lowest BCUT2D eigenvalue weighted by Crippen LogP contribution is -2.17. The first-order valence-corrected chi connectivity index (χ1v) is 10.5. The third-order valence-electron chi connectivity index (χ3n) is 5.03. The first kappa shape index (κ1) is 23.9. The third-order valence-corrected chi connectivity index (χ3v) is 5.03. The molecule has 0 bridgehead atoms. The zero-order valence-electron chi connectivity index (χ0n) is 18.4. The number of carbonyl (C=O) groups excluding carboxylic acids is 1. The maximum absolute atomic E-state index is 13.1. The normalized spacial score (nSPS) is 12.3. The molecule has 0 fully saturated rings. The minimum Gasteiger partial charge on any atom is -0.458 e. The van der Waals surface area contributed by atoms with Gasteiger partial charge in [-0.25, -0.2) is 14.1 Å². The molecular formula is C25H19F4N3O3. The van der Waals surface area contributed by atoms with Crippen LogP contribution in [0.25, 0.3) is 17.1 Å². The Morgan fingerprint density at radius 1 is 0.971 bits per heavy atom. The first-order chi connectivity index (χ1) is 16.7. The number of nitrogens with zero attached hydrogens (tertiary/aromatic N) is 3. The molecule has 4 aromatic rings. The summed E-state index contributed by atoms with van der Waals surface area (Å²) in [4.78, 5) is 16.5. The topological polar surface area (TPSA) is 66.2 Å². The van der Waals surface area contributed by atoms with Crippen LogP contribution in [-0.2, 0) is 16.0 Å². The molecule has 10 heteroatoms. The van der Waals surface area contributed by atoms with Crippen LogP contribution >= 0.6 is 0 Å². The van der Waals surface area contributed by atoms with Crippen molar-refractivity contribution >= 4 is 5.97 Å². The maximum atomic E-state index is 13.1. The van der Waals surface area contributed by atoms with Gasteiger partial charge in [0.25, 0.3) is 0 Å². The molecule has 0 aliphatic carbocycles. The molecule has 1 atom stereocenters. The fraction of sp³-hybridized carbons (Fsp3) is 0.160. The fourth-order valence-electron chi connectivity index (χ4n) is 3.30. The number of halogens is 4. The highest BCUT2D eigenvalue weighted by Gasteiger charge is 2.31. The molecule has 35 heavy (non-hydrogen) atoms. The van der Waals surface area contributed by atoms with Crippen molar-refractivity contribution < 1.29 is 31.8 Å². The summed E-state index contributed by atoms with van der Waals surface area (Å²) in [5.41, 5.74) is 2.62. The van der Waals surface area contributed by atoms with Crippen molar-refractivity contribution in [3.05, 3.63) is 96.1 Å². The quantitative estimate of drug-likeness (QED) is 0.244. The average Bonchev–Trinajstić information content (AvgIpc) is 3.29. The molecule has 0 aliphatic rings. The summed E-state index contributed by atoms with van der Waals surface area (Å²) < 4.78 is 60.7. The summed E-state index contributed by atoms with van der Waals surface area (Å²) in [6.07, 6.45) is -3.77. The molecular weight excluding hydrogens is 466 g/mol. The number of aromatic nitrogens is 3. The van der Waals surface area contributed by atoms with Gasteiger partial charge in [0.15, 0.2) is 5.82 Å². The van der Waals surface area contributed by atoms with Crippen molar-refractivity contribution in [3.8, 4) is 22.8 Å². The average molecular weight is 485 g/mol. The Hall–Kier alpha value is -4.21. The molecule has 0 amide bonds. The van der Waals surface area contributed by atoms with E-state index in [2.05, 4.69) is 14.8 Å². The summed E-state index contributed by atoms with van der Waals surface area (Å²) in [6.45, 7) is 1.72. The van der Waals surface area contributed by atoms with E-state index in [0.717, 1.165) is 5.56 Å². The molecule has 0 N–H and O–H groups in total. The molecule has 1 unspecified atom stereocenters. The predicted octanol–water partition coefficient (Wildman–Crippen LogP) is 5.82. The smallest absolute Gasteiger partial charge is 0.458 e. The fourth-order valence-corrected chi connectivity index (χ4v) is 3.30. The molecule has 3 aromatic carbocycles. The molecule has 0 saturated heterocycles. The Morgan fingerprint density at radius 2 is 1.63 bits per heavy atom. The van der Waals surface area contributed by atoms with Crippen LogP contribution in [0.4, 0.5) is 17.6 Å². The zero-order chi connectivity index (χ0) is 25.0. The Balaban J connectivity index is 1.37. The van der Waals surface area contributed by atoms with Gasteiger partial charge < -0.3 is 9.47 Å². The number of alkyl halides is 3. The zero-order valence-corrected chi connectivity index (χ0v) is 18.4. The lowest BCUT2D eigenvalue weighted by molar-refractivity contribution is -0.274. The third kappa shape index (κ3) is 6.44. The molecule has 4 rings (SSSR count). The van der Waals surface area contributed by atoms with Crippen molar-refractivity contribution in [2.75, 3.05) is 0 Å². The molecule has 0 radical (unpaired) electrons. The molecule has 0 spiro atoms. The van der Waals surface area contributed by atoms with Crippen molar-refractivity contribution in [2.24, 2.45) is 0 Å². The number of carbonyl (C=O) groups is 1. The SMILES string of the molecule is CC(OC(=O)Cc1ccc(-c2ncn(-c3ccc(OC(F)(F)F)cc3)n2)cc1)c1ccc(F)cc1. The van der Waals surface area contributed by atoms with Crippen LogP contribution in [0.1, 0.15) is 24.2 Å². The van der Waals surface area contributed by atoms with Gasteiger partial charge in [0, 0.05) is 5.56 Å². The van der Waals surface area contributed by atoms with Gasteiger partial charge in [-0.15, -0.1) is 18.3 Å².